The molecule has 1 atom stereocenters. The number of methoxy groups -OCH3 is 1. The van der Waals surface area contributed by atoms with Crippen molar-refractivity contribution in [2.45, 2.75) is 17.7 Å². The standard InChI is InChI=1S/C12H13BrClNO2/c1-17-11-5-4-8(14)7-10(11)15-6-2-3-9(13)12(15)16/h4-5,7,9H,2-3,6H2,1H3. The molecule has 1 aromatic rings. The number of amides is 1. The lowest BCUT2D eigenvalue weighted by Crippen LogP contribution is -2.41. The van der Waals surface area contributed by atoms with E-state index in [2.05, 4.69) is 15.9 Å². The minimum Gasteiger partial charge on any atom is -0.495 e. The first-order valence-corrected chi connectivity index (χ1v) is 6.72. The van der Waals surface area contributed by atoms with Crippen molar-refractivity contribution in [3.05, 3.63) is 23.2 Å². The molecule has 1 saturated heterocycles. The second-order valence-electron chi connectivity index (χ2n) is 3.92. The van der Waals surface area contributed by atoms with Crippen molar-refractivity contribution >= 4 is 39.1 Å². The largest absolute Gasteiger partial charge is 0.495 e. The summed E-state index contributed by atoms with van der Waals surface area (Å²) in [5.41, 5.74) is 0.745. The second-order valence-corrected chi connectivity index (χ2v) is 5.46. The number of piperidine rings is 1. The molecule has 1 aliphatic heterocycles. The number of carbonyl (C=O) groups excluding carboxylic acids is 1. The van der Waals surface area contributed by atoms with Crippen LogP contribution in [0.25, 0.3) is 0 Å². The molecule has 0 spiro atoms. The van der Waals surface area contributed by atoms with Crippen LogP contribution in [0.3, 0.4) is 0 Å². The Balaban J connectivity index is 2.38. The third-order valence-electron chi connectivity index (χ3n) is 2.80. The average Bonchev–Trinajstić information content (AvgIpc) is 2.33. The molecule has 1 aromatic carbocycles. The van der Waals surface area contributed by atoms with Gasteiger partial charge in [-0.05, 0) is 31.0 Å². The smallest absolute Gasteiger partial charge is 0.240 e. The van der Waals surface area contributed by atoms with Gasteiger partial charge in [0.1, 0.15) is 5.75 Å². The monoisotopic (exact) mass is 317 g/mol. The van der Waals surface area contributed by atoms with Gasteiger partial charge in [-0.2, -0.15) is 0 Å². The van der Waals surface area contributed by atoms with E-state index in [0.717, 1.165) is 18.5 Å². The Bertz CT molecular complexity index is 439. The van der Waals surface area contributed by atoms with Crippen molar-refractivity contribution in [3.8, 4) is 5.75 Å². The molecular formula is C12H13BrClNO2. The van der Waals surface area contributed by atoms with E-state index in [1.165, 1.54) is 0 Å². The van der Waals surface area contributed by atoms with Gasteiger partial charge >= 0.3 is 0 Å². The van der Waals surface area contributed by atoms with Crippen LogP contribution in [-0.4, -0.2) is 24.4 Å². The molecule has 0 bridgehead atoms. The quantitative estimate of drug-likeness (QED) is 0.784. The van der Waals surface area contributed by atoms with E-state index in [4.69, 9.17) is 16.3 Å². The van der Waals surface area contributed by atoms with E-state index in [0.29, 0.717) is 17.3 Å². The van der Waals surface area contributed by atoms with Crippen molar-refractivity contribution in [1.29, 1.82) is 0 Å². The SMILES string of the molecule is COc1ccc(Cl)cc1N1CCCC(Br)C1=O. The molecule has 2 rings (SSSR count). The van der Waals surface area contributed by atoms with Gasteiger partial charge in [0.2, 0.25) is 5.91 Å². The first-order valence-electron chi connectivity index (χ1n) is 5.42. The molecule has 0 saturated carbocycles. The Labute approximate surface area is 114 Å². The number of alkyl halides is 1. The Hall–Kier alpha value is -0.740. The first-order chi connectivity index (χ1) is 8.13. The topological polar surface area (TPSA) is 29.5 Å². The van der Waals surface area contributed by atoms with Gasteiger partial charge in [-0.3, -0.25) is 4.79 Å². The highest BCUT2D eigenvalue weighted by molar-refractivity contribution is 9.10. The summed E-state index contributed by atoms with van der Waals surface area (Å²) in [6.07, 6.45) is 1.84. The summed E-state index contributed by atoms with van der Waals surface area (Å²) in [5.74, 6) is 0.737. The van der Waals surface area contributed by atoms with Crippen molar-refractivity contribution in [2.24, 2.45) is 0 Å². The molecule has 1 unspecified atom stereocenters. The van der Waals surface area contributed by atoms with Crippen molar-refractivity contribution in [2.75, 3.05) is 18.6 Å². The van der Waals surface area contributed by atoms with E-state index in [9.17, 15) is 4.79 Å². The van der Waals surface area contributed by atoms with Crippen LogP contribution in [0.5, 0.6) is 5.75 Å². The van der Waals surface area contributed by atoms with E-state index in [1.807, 2.05) is 0 Å². The van der Waals surface area contributed by atoms with Gasteiger partial charge in [-0.15, -0.1) is 0 Å². The summed E-state index contributed by atoms with van der Waals surface area (Å²) in [6, 6.07) is 5.30. The fourth-order valence-corrected chi connectivity index (χ4v) is 2.68. The Kier molecular flexibility index (Phi) is 3.94. The number of anilines is 1. The zero-order valence-corrected chi connectivity index (χ0v) is 11.8. The highest BCUT2D eigenvalue weighted by Gasteiger charge is 2.29. The maximum Gasteiger partial charge on any atom is 0.240 e. The van der Waals surface area contributed by atoms with Crippen LogP contribution in [0.1, 0.15) is 12.8 Å². The normalized spacial score (nSPS) is 20.5. The van der Waals surface area contributed by atoms with Gasteiger partial charge in [0.25, 0.3) is 0 Å². The molecular weight excluding hydrogens is 305 g/mol. The molecule has 0 aliphatic carbocycles. The number of hydrogen-bond donors (Lipinski definition) is 0. The van der Waals surface area contributed by atoms with Crippen LogP contribution in [0.4, 0.5) is 5.69 Å². The van der Waals surface area contributed by atoms with Gasteiger partial charge in [-0.25, -0.2) is 0 Å². The van der Waals surface area contributed by atoms with E-state index in [-0.39, 0.29) is 10.7 Å². The first kappa shape index (κ1) is 12.7. The molecule has 0 N–H and O–H groups in total. The Morgan fingerprint density at radius 3 is 3.00 bits per heavy atom. The van der Waals surface area contributed by atoms with Crippen molar-refractivity contribution < 1.29 is 9.53 Å². The van der Waals surface area contributed by atoms with Crippen LogP contribution in [0.2, 0.25) is 5.02 Å². The lowest BCUT2D eigenvalue weighted by Gasteiger charge is -2.30. The van der Waals surface area contributed by atoms with Gasteiger partial charge in [0.15, 0.2) is 0 Å². The summed E-state index contributed by atoms with van der Waals surface area (Å²) in [6.45, 7) is 0.706. The molecule has 1 fully saturated rings. The van der Waals surface area contributed by atoms with E-state index >= 15 is 0 Å². The van der Waals surface area contributed by atoms with E-state index < -0.39 is 0 Å². The molecule has 92 valence electrons. The average molecular weight is 319 g/mol. The van der Waals surface area contributed by atoms with Crippen molar-refractivity contribution in [3.63, 3.8) is 0 Å². The lowest BCUT2D eigenvalue weighted by atomic mass is 10.1. The summed E-state index contributed by atoms with van der Waals surface area (Å²) in [4.78, 5) is 13.7. The number of nitrogens with zero attached hydrogens (tertiary/aromatic N) is 1. The third-order valence-corrected chi connectivity index (χ3v) is 3.89. The zero-order valence-electron chi connectivity index (χ0n) is 9.45. The minimum absolute atomic E-state index is 0.0665. The maximum absolute atomic E-state index is 12.1. The molecule has 5 heteroatoms. The number of ether oxygens (including phenoxy) is 1. The second kappa shape index (κ2) is 5.27. The summed E-state index contributed by atoms with van der Waals surface area (Å²) in [5, 5.41) is 0.602. The third kappa shape index (κ3) is 2.58. The number of benzene rings is 1. The highest BCUT2D eigenvalue weighted by Crippen LogP contribution is 2.34. The van der Waals surface area contributed by atoms with Crippen LogP contribution in [0.15, 0.2) is 18.2 Å². The van der Waals surface area contributed by atoms with Gasteiger partial charge < -0.3 is 9.64 Å². The molecule has 0 aromatic heterocycles. The van der Waals surface area contributed by atoms with E-state index in [1.54, 1.807) is 30.2 Å². The Morgan fingerprint density at radius 2 is 2.29 bits per heavy atom. The van der Waals surface area contributed by atoms with Gasteiger partial charge in [0, 0.05) is 11.6 Å². The lowest BCUT2D eigenvalue weighted by molar-refractivity contribution is -0.118. The van der Waals surface area contributed by atoms with Crippen LogP contribution >= 0.6 is 27.5 Å². The molecule has 1 amide bonds. The number of hydrogen-bond acceptors (Lipinski definition) is 2. The van der Waals surface area contributed by atoms with Crippen LogP contribution in [0, 0.1) is 0 Å². The zero-order chi connectivity index (χ0) is 12.4. The summed E-state index contributed by atoms with van der Waals surface area (Å²) < 4.78 is 5.27. The molecule has 0 radical (unpaired) electrons. The van der Waals surface area contributed by atoms with Gasteiger partial charge in [0.05, 0.1) is 17.6 Å². The predicted octanol–water partition coefficient (Wildman–Crippen LogP) is 3.24. The fraction of sp³-hybridized carbons (Fsp3) is 0.417. The predicted molar refractivity (Wildman–Crippen MR) is 72.3 cm³/mol. The number of rotatable bonds is 2. The van der Waals surface area contributed by atoms with Crippen LogP contribution in [-0.2, 0) is 4.79 Å². The molecule has 1 heterocycles. The number of carbonyl (C=O) groups is 1. The number of halogens is 2. The van der Waals surface area contributed by atoms with Gasteiger partial charge in [-0.1, -0.05) is 27.5 Å². The van der Waals surface area contributed by atoms with Crippen molar-refractivity contribution in [1.82, 2.24) is 0 Å². The molecule has 17 heavy (non-hydrogen) atoms. The molecule has 1 aliphatic rings. The highest BCUT2D eigenvalue weighted by atomic mass is 79.9. The fourth-order valence-electron chi connectivity index (χ4n) is 1.94. The Morgan fingerprint density at radius 1 is 1.53 bits per heavy atom. The maximum atomic E-state index is 12.1. The summed E-state index contributed by atoms with van der Waals surface area (Å²) in [7, 11) is 1.59. The van der Waals surface area contributed by atoms with Crippen LogP contribution < -0.4 is 9.64 Å². The molecule has 3 nitrogen and oxygen atoms in total. The summed E-state index contributed by atoms with van der Waals surface area (Å²) >= 11 is 9.36. The minimum atomic E-state index is -0.111.